The maximum atomic E-state index is 13.2. The second-order valence-corrected chi connectivity index (χ2v) is 7.56. The van der Waals surface area contributed by atoms with Crippen LogP contribution in [0.15, 0.2) is 59.6 Å². The van der Waals surface area contributed by atoms with Crippen LogP contribution in [0.3, 0.4) is 0 Å². The lowest BCUT2D eigenvalue weighted by atomic mass is 9.97. The van der Waals surface area contributed by atoms with Crippen LogP contribution < -0.4 is 5.43 Å². The Morgan fingerprint density at radius 3 is 2.63 bits per heavy atom. The number of allylic oxidation sites excluding steroid dienone is 1. The molecule has 154 valence electrons. The topological polar surface area (TPSA) is 71.0 Å². The van der Waals surface area contributed by atoms with Crippen LogP contribution in [0, 0.1) is 19.8 Å². The second-order valence-electron chi connectivity index (χ2n) is 7.56. The first-order valence-corrected chi connectivity index (χ1v) is 10.2. The molecule has 0 amide bonds. The Balaban J connectivity index is 1.79. The first kappa shape index (κ1) is 20.0. The Morgan fingerprint density at radius 2 is 1.93 bits per heavy atom. The molecule has 4 rings (SSSR count). The van der Waals surface area contributed by atoms with Crippen LogP contribution in [0.25, 0.3) is 5.70 Å². The van der Waals surface area contributed by atoms with Gasteiger partial charge in [-0.1, -0.05) is 54.1 Å². The molecular weight excluding hydrogens is 378 g/mol. The van der Waals surface area contributed by atoms with E-state index in [0.717, 1.165) is 22.4 Å². The summed E-state index contributed by atoms with van der Waals surface area (Å²) in [7, 11) is 0. The molecule has 1 fully saturated rings. The number of ketones is 1. The van der Waals surface area contributed by atoms with Gasteiger partial charge in [0, 0.05) is 17.7 Å². The van der Waals surface area contributed by atoms with Crippen molar-refractivity contribution in [1.82, 2.24) is 10.4 Å². The van der Waals surface area contributed by atoms with Gasteiger partial charge >= 0.3 is 5.97 Å². The van der Waals surface area contributed by atoms with Crippen molar-refractivity contribution in [1.29, 1.82) is 0 Å². The minimum atomic E-state index is -0.535. The van der Waals surface area contributed by atoms with E-state index in [1.165, 1.54) is 0 Å². The van der Waals surface area contributed by atoms with E-state index >= 15 is 0 Å². The molecule has 30 heavy (non-hydrogen) atoms. The van der Waals surface area contributed by atoms with Gasteiger partial charge in [-0.2, -0.15) is 0 Å². The van der Waals surface area contributed by atoms with E-state index in [4.69, 9.17) is 4.74 Å². The highest BCUT2D eigenvalue weighted by atomic mass is 16.5. The van der Waals surface area contributed by atoms with Crippen molar-refractivity contribution in [2.45, 2.75) is 26.9 Å². The van der Waals surface area contributed by atoms with Gasteiger partial charge in [0.25, 0.3) is 0 Å². The third kappa shape index (κ3) is 3.66. The normalized spacial score (nSPS) is 20.3. The molecule has 2 aromatic carbocycles. The monoisotopic (exact) mass is 403 g/mol. The summed E-state index contributed by atoms with van der Waals surface area (Å²) < 4.78 is 5.26. The van der Waals surface area contributed by atoms with Gasteiger partial charge in [-0.3, -0.25) is 19.6 Å². The molecule has 2 heterocycles. The number of Topliss-reactive ketones (excluding diaryl/α,β-unsaturated/α-hetero) is 1. The van der Waals surface area contributed by atoms with Crippen molar-refractivity contribution in [2.75, 3.05) is 13.2 Å². The lowest BCUT2D eigenvalue weighted by Crippen LogP contribution is -2.41. The summed E-state index contributed by atoms with van der Waals surface area (Å²) in [5, 5.41) is 1.89. The second kappa shape index (κ2) is 8.24. The van der Waals surface area contributed by atoms with Gasteiger partial charge in [0.1, 0.15) is 11.6 Å². The Bertz CT molecular complexity index is 1040. The van der Waals surface area contributed by atoms with E-state index in [0.29, 0.717) is 24.4 Å². The average Bonchev–Trinajstić information content (AvgIpc) is 3.18. The average molecular weight is 403 g/mol. The fourth-order valence-electron chi connectivity index (χ4n) is 3.95. The summed E-state index contributed by atoms with van der Waals surface area (Å²) in [6.45, 7) is 6.59. The number of carbonyl (C=O) groups excluding carboxylic acids is 2. The summed E-state index contributed by atoms with van der Waals surface area (Å²) in [5.41, 5.74) is 8.28. The molecule has 0 aromatic heterocycles. The van der Waals surface area contributed by atoms with Crippen LogP contribution in [-0.2, 0) is 9.53 Å². The number of hydrogen-bond donors (Lipinski definition) is 1. The molecule has 0 spiro atoms. The molecule has 2 atom stereocenters. The number of hydrogen-bond acceptors (Lipinski definition) is 6. The first-order valence-electron chi connectivity index (χ1n) is 10.2. The molecule has 1 saturated heterocycles. The SMILES string of the molecule is CCOC(=O)C1CNN2C(c3ccc(C)cc3C)=CC(C(=O)c3ccccc3)=NC12. The van der Waals surface area contributed by atoms with E-state index in [1.54, 1.807) is 19.1 Å². The van der Waals surface area contributed by atoms with Gasteiger partial charge in [-0.15, -0.1) is 0 Å². The van der Waals surface area contributed by atoms with Gasteiger partial charge in [-0.25, -0.2) is 5.43 Å². The third-order valence-electron chi connectivity index (χ3n) is 5.43. The molecule has 1 N–H and O–H groups in total. The van der Waals surface area contributed by atoms with E-state index in [-0.39, 0.29) is 11.8 Å². The van der Waals surface area contributed by atoms with Crippen molar-refractivity contribution in [2.24, 2.45) is 10.9 Å². The highest BCUT2D eigenvalue weighted by Crippen LogP contribution is 2.34. The van der Waals surface area contributed by atoms with Crippen molar-refractivity contribution in [3.63, 3.8) is 0 Å². The van der Waals surface area contributed by atoms with Crippen LogP contribution >= 0.6 is 0 Å². The van der Waals surface area contributed by atoms with Crippen molar-refractivity contribution < 1.29 is 14.3 Å². The van der Waals surface area contributed by atoms with Gasteiger partial charge < -0.3 is 4.74 Å². The lowest BCUT2D eigenvalue weighted by Gasteiger charge is -2.32. The number of hydrazine groups is 1. The molecular formula is C24H25N3O3. The number of aryl methyl sites for hydroxylation is 2. The van der Waals surface area contributed by atoms with Gasteiger partial charge in [0.2, 0.25) is 5.78 Å². The molecule has 0 aliphatic carbocycles. The number of esters is 1. The number of aliphatic imine (C=N–C) groups is 1. The van der Waals surface area contributed by atoms with E-state index in [2.05, 4.69) is 16.5 Å². The van der Waals surface area contributed by atoms with Crippen LogP contribution in [0.1, 0.15) is 34.0 Å². The van der Waals surface area contributed by atoms with Gasteiger partial charge in [0.05, 0.1) is 12.3 Å². The molecule has 0 radical (unpaired) electrons. The quantitative estimate of drug-likeness (QED) is 0.613. The highest BCUT2D eigenvalue weighted by molar-refractivity contribution is 6.50. The summed E-state index contributed by atoms with van der Waals surface area (Å²) >= 11 is 0. The Kier molecular flexibility index (Phi) is 5.50. The summed E-state index contributed by atoms with van der Waals surface area (Å²) in [6, 6.07) is 15.3. The molecule has 0 saturated carbocycles. The van der Waals surface area contributed by atoms with E-state index in [1.807, 2.05) is 55.3 Å². The molecule has 2 aliphatic heterocycles. The summed E-state index contributed by atoms with van der Waals surface area (Å²) in [6.07, 6.45) is 1.27. The van der Waals surface area contributed by atoms with Crippen molar-refractivity contribution in [3.8, 4) is 0 Å². The number of ether oxygens (including phenoxy) is 1. The standard InChI is InChI=1S/C24H25N3O3/c1-4-30-24(29)19-14-25-27-21(18-11-10-15(2)12-16(18)3)13-20(26-23(19)27)22(28)17-8-6-5-7-9-17/h5-13,19,23,25H,4,14H2,1-3H3. The zero-order valence-electron chi connectivity index (χ0n) is 17.4. The Morgan fingerprint density at radius 1 is 1.17 bits per heavy atom. The number of nitrogens with zero attached hydrogens (tertiary/aromatic N) is 2. The van der Waals surface area contributed by atoms with Crippen molar-refractivity contribution in [3.05, 3.63) is 76.9 Å². The molecule has 2 aromatic rings. The largest absolute Gasteiger partial charge is 0.466 e. The van der Waals surface area contributed by atoms with Crippen LogP contribution in [0.5, 0.6) is 0 Å². The number of benzene rings is 2. The van der Waals surface area contributed by atoms with Gasteiger partial charge in [0.15, 0.2) is 6.17 Å². The van der Waals surface area contributed by atoms with Crippen LogP contribution in [0.2, 0.25) is 0 Å². The molecule has 6 nitrogen and oxygen atoms in total. The Labute approximate surface area is 176 Å². The number of fused-ring (bicyclic) bond motifs is 1. The van der Waals surface area contributed by atoms with Crippen molar-refractivity contribution >= 4 is 23.2 Å². The summed E-state index contributed by atoms with van der Waals surface area (Å²) in [5.74, 6) is -0.959. The molecule has 0 bridgehead atoms. The van der Waals surface area contributed by atoms with E-state index < -0.39 is 12.1 Å². The highest BCUT2D eigenvalue weighted by Gasteiger charge is 2.43. The zero-order valence-corrected chi connectivity index (χ0v) is 17.4. The molecule has 2 unspecified atom stereocenters. The van der Waals surface area contributed by atoms with Crippen LogP contribution in [0.4, 0.5) is 0 Å². The minimum absolute atomic E-state index is 0.160. The number of rotatable bonds is 5. The zero-order chi connectivity index (χ0) is 21.3. The predicted molar refractivity (Wildman–Crippen MR) is 116 cm³/mol. The maximum Gasteiger partial charge on any atom is 0.314 e. The van der Waals surface area contributed by atoms with E-state index in [9.17, 15) is 9.59 Å². The number of carbonyl (C=O) groups is 2. The fourth-order valence-corrected chi connectivity index (χ4v) is 3.95. The lowest BCUT2D eigenvalue weighted by molar-refractivity contribution is -0.148. The summed E-state index contributed by atoms with van der Waals surface area (Å²) in [4.78, 5) is 30.4. The predicted octanol–water partition coefficient (Wildman–Crippen LogP) is 3.31. The minimum Gasteiger partial charge on any atom is -0.466 e. The maximum absolute atomic E-state index is 13.2. The third-order valence-corrected chi connectivity index (χ3v) is 5.43. The Hall–Kier alpha value is -3.25. The van der Waals surface area contributed by atoms with Gasteiger partial charge in [-0.05, 0) is 32.4 Å². The first-order chi connectivity index (χ1) is 14.5. The van der Waals surface area contributed by atoms with Crippen LogP contribution in [-0.4, -0.2) is 41.8 Å². The fraction of sp³-hybridized carbons (Fsp3) is 0.292. The number of nitrogens with one attached hydrogen (secondary N) is 1. The molecule has 2 aliphatic rings. The smallest absolute Gasteiger partial charge is 0.314 e. The molecule has 6 heteroatoms.